The van der Waals surface area contributed by atoms with Crippen LogP contribution in [-0.4, -0.2) is 23.0 Å². The first-order valence-corrected chi connectivity index (χ1v) is 8.57. The number of aliphatic hydroxyl groups is 1. The predicted octanol–water partition coefficient (Wildman–Crippen LogP) is 2.71. The number of alkyl halides is 3. The summed E-state index contributed by atoms with van der Waals surface area (Å²) in [5.74, 6) is -1.75. The molecule has 2 amide bonds. The van der Waals surface area contributed by atoms with Gasteiger partial charge in [-0.2, -0.15) is 13.2 Å². The molecule has 0 radical (unpaired) electrons. The minimum atomic E-state index is -4.52. The molecule has 2 aromatic carbocycles. The highest BCUT2D eigenvalue weighted by atomic mass is 79.9. The van der Waals surface area contributed by atoms with Crippen molar-refractivity contribution in [2.24, 2.45) is 5.73 Å². The zero-order valence-electron chi connectivity index (χ0n) is 13.8. The molecule has 2 atom stereocenters. The molecule has 0 saturated heterocycles. The molecule has 0 aliphatic rings. The van der Waals surface area contributed by atoms with E-state index in [9.17, 15) is 27.9 Å². The van der Waals surface area contributed by atoms with Gasteiger partial charge in [0.05, 0.1) is 5.56 Å². The van der Waals surface area contributed by atoms with Crippen molar-refractivity contribution in [1.29, 1.82) is 0 Å². The van der Waals surface area contributed by atoms with Crippen LogP contribution in [0.1, 0.15) is 22.8 Å². The molecule has 0 aliphatic carbocycles. The SMILES string of the molecule is NC(=O)[C@H](Cc1ccccc1Br)NC(=O)[C@H](O)c1ccc(C(F)(F)F)cc1. The first-order valence-electron chi connectivity index (χ1n) is 7.78. The average molecular weight is 445 g/mol. The van der Waals surface area contributed by atoms with E-state index in [-0.39, 0.29) is 12.0 Å². The standard InChI is InChI=1S/C18H16BrF3N2O3/c19-13-4-2-1-3-11(13)9-14(16(23)26)24-17(27)15(25)10-5-7-12(8-6-10)18(20,21)22/h1-8,14-15,25H,9H2,(H2,23,26)(H,24,27)/t14-,15+/m0/s1. The Bertz CT molecular complexity index is 825. The number of rotatable bonds is 6. The maximum absolute atomic E-state index is 12.6. The summed E-state index contributed by atoms with van der Waals surface area (Å²) in [6, 6.07) is 9.44. The van der Waals surface area contributed by atoms with Gasteiger partial charge in [0.2, 0.25) is 5.91 Å². The van der Waals surface area contributed by atoms with Crippen LogP contribution in [0, 0.1) is 0 Å². The van der Waals surface area contributed by atoms with Crippen molar-refractivity contribution >= 4 is 27.7 Å². The van der Waals surface area contributed by atoms with Crippen LogP contribution in [0.2, 0.25) is 0 Å². The minimum absolute atomic E-state index is 0.0374. The summed E-state index contributed by atoms with van der Waals surface area (Å²) in [7, 11) is 0. The van der Waals surface area contributed by atoms with E-state index in [0.717, 1.165) is 24.3 Å². The van der Waals surface area contributed by atoms with Crippen LogP contribution >= 0.6 is 15.9 Å². The van der Waals surface area contributed by atoms with E-state index in [1.54, 1.807) is 24.3 Å². The number of primary amides is 1. The lowest BCUT2D eigenvalue weighted by Gasteiger charge is -2.19. The van der Waals surface area contributed by atoms with Gasteiger partial charge in [-0.15, -0.1) is 0 Å². The quantitative estimate of drug-likeness (QED) is 0.639. The van der Waals surface area contributed by atoms with Crippen LogP contribution in [-0.2, 0) is 22.2 Å². The number of amides is 2. The largest absolute Gasteiger partial charge is 0.416 e. The Morgan fingerprint density at radius 3 is 2.22 bits per heavy atom. The third kappa shape index (κ3) is 5.54. The van der Waals surface area contributed by atoms with Crippen LogP contribution < -0.4 is 11.1 Å². The predicted molar refractivity (Wildman–Crippen MR) is 95.4 cm³/mol. The number of hydrogen-bond donors (Lipinski definition) is 3. The number of carbonyl (C=O) groups is 2. The van der Waals surface area contributed by atoms with Gasteiger partial charge in [0.25, 0.3) is 5.91 Å². The molecule has 27 heavy (non-hydrogen) atoms. The molecule has 0 fully saturated rings. The Labute approximate surface area is 161 Å². The lowest BCUT2D eigenvalue weighted by molar-refractivity contribution is -0.137. The average Bonchev–Trinajstić information content (AvgIpc) is 2.61. The van der Waals surface area contributed by atoms with Gasteiger partial charge >= 0.3 is 6.18 Å². The maximum atomic E-state index is 12.6. The van der Waals surface area contributed by atoms with Gasteiger partial charge in [0, 0.05) is 10.9 Å². The molecule has 9 heteroatoms. The van der Waals surface area contributed by atoms with Crippen LogP contribution in [0.5, 0.6) is 0 Å². The minimum Gasteiger partial charge on any atom is -0.378 e. The second-order valence-electron chi connectivity index (χ2n) is 5.78. The fourth-order valence-electron chi connectivity index (χ4n) is 2.36. The summed E-state index contributed by atoms with van der Waals surface area (Å²) < 4.78 is 38.5. The molecular formula is C18H16BrF3N2O3. The number of carbonyl (C=O) groups excluding carboxylic acids is 2. The smallest absolute Gasteiger partial charge is 0.378 e. The molecule has 0 aromatic heterocycles. The van der Waals surface area contributed by atoms with Gasteiger partial charge in [-0.1, -0.05) is 46.3 Å². The Balaban J connectivity index is 2.10. The first-order chi connectivity index (χ1) is 12.6. The number of nitrogens with two attached hydrogens (primary N) is 1. The normalized spacial score (nSPS) is 13.7. The number of benzene rings is 2. The van der Waals surface area contributed by atoms with Crippen molar-refractivity contribution < 1.29 is 27.9 Å². The van der Waals surface area contributed by atoms with E-state index < -0.39 is 35.7 Å². The van der Waals surface area contributed by atoms with Crippen molar-refractivity contribution in [3.63, 3.8) is 0 Å². The molecule has 2 aromatic rings. The van der Waals surface area contributed by atoms with E-state index in [2.05, 4.69) is 21.2 Å². The van der Waals surface area contributed by atoms with Crippen LogP contribution in [0.15, 0.2) is 53.0 Å². The topological polar surface area (TPSA) is 92.4 Å². The van der Waals surface area contributed by atoms with Crippen molar-refractivity contribution in [3.05, 3.63) is 69.7 Å². The Morgan fingerprint density at radius 1 is 1.11 bits per heavy atom. The third-order valence-corrected chi connectivity index (χ3v) is 4.62. The number of aliphatic hydroxyl groups excluding tert-OH is 1. The highest BCUT2D eigenvalue weighted by Crippen LogP contribution is 2.30. The highest BCUT2D eigenvalue weighted by molar-refractivity contribution is 9.10. The fraction of sp³-hybridized carbons (Fsp3) is 0.222. The molecule has 0 unspecified atom stereocenters. The second-order valence-corrected chi connectivity index (χ2v) is 6.64. The molecule has 0 bridgehead atoms. The molecule has 0 heterocycles. The number of halogens is 4. The number of nitrogens with one attached hydrogen (secondary N) is 1. The van der Waals surface area contributed by atoms with Crippen LogP contribution in [0.25, 0.3) is 0 Å². The third-order valence-electron chi connectivity index (χ3n) is 3.84. The molecule has 4 N–H and O–H groups in total. The summed E-state index contributed by atoms with van der Waals surface area (Å²) in [5.41, 5.74) is 5.09. The van der Waals surface area contributed by atoms with E-state index in [1.807, 2.05) is 0 Å². The molecule has 5 nitrogen and oxygen atoms in total. The Morgan fingerprint density at radius 2 is 1.70 bits per heavy atom. The van der Waals surface area contributed by atoms with Crippen molar-refractivity contribution in [2.45, 2.75) is 24.7 Å². The van der Waals surface area contributed by atoms with Gasteiger partial charge < -0.3 is 16.2 Å². The Kier molecular flexibility index (Phi) is 6.61. The van der Waals surface area contributed by atoms with Crippen LogP contribution in [0.3, 0.4) is 0 Å². The van der Waals surface area contributed by atoms with E-state index in [4.69, 9.17) is 5.73 Å². The van der Waals surface area contributed by atoms with Gasteiger partial charge in [-0.25, -0.2) is 0 Å². The van der Waals surface area contributed by atoms with E-state index >= 15 is 0 Å². The van der Waals surface area contributed by atoms with Crippen molar-refractivity contribution in [3.8, 4) is 0 Å². The fourth-order valence-corrected chi connectivity index (χ4v) is 2.81. The van der Waals surface area contributed by atoms with Crippen molar-refractivity contribution in [1.82, 2.24) is 5.32 Å². The highest BCUT2D eigenvalue weighted by Gasteiger charge is 2.31. The zero-order valence-corrected chi connectivity index (χ0v) is 15.4. The Hall–Kier alpha value is -2.39. The summed E-state index contributed by atoms with van der Waals surface area (Å²) in [4.78, 5) is 23.9. The van der Waals surface area contributed by atoms with E-state index in [1.165, 1.54) is 0 Å². The molecule has 0 saturated carbocycles. The molecule has 144 valence electrons. The maximum Gasteiger partial charge on any atom is 0.416 e. The van der Waals surface area contributed by atoms with Gasteiger partial charge in [0.1, 0.15) is 6.04 Å². The lowest BCUT2D eigenvalue weighted by Crippen LogP contribution is -2.47. The van der Waals surface area contributed by atoms with Crippen molar-refractivity contribution in [2.75, 3.05) is 0 Å². The monoisotopic (exact) mass is 444 g/mol. The van der Waals surface area contributed by atoms with Crippen LogP contribution in [0.4, 0.5) is 13.2 Å². The summed E-state index contributed by atoms with van der Waals surface area (Å²) >= 11 is 3.32. The summed E-state index contributed by atoms with van der Waals surface area (Å²) in [5, 5.41) is 12.4. The van der Waals surface area contributed by atoms with E-state index in [0.29, 0.717) is 10.0 Å². The lowest BCUT2D eigenvalue weighted by atomic mass is 10.0. The summed E-state index contributed by atoms with van der Waals surface area (Å²) in [6.45, 7) is 0. The molecule has 0 spiro atoms. The summed E-state index contributed by atoms with van der Waals surface area (Å²) in [6.07, 6.45) is -6.18. The second kappa shape index (κ2) is 8.53. The zero-order chi connectivity index (χ0) is 20.2. The van der Waals surface area contributed by atoms with Gasteiger partial charge in [-0.05, 0) is 29.3 Å². The van der Waals surface area contributed by atoms with Gasteiger partial charge in [-0.3, -0.25) is 9.59 Å². The van der Waals surface area contributed by atoms with Gasteiger partial charge in [0.15, 0.2) is 6.10 Å². The molecule has 0 aliphatic heterocycles. The first kappa shape index (κ1) is 20.9. The molecular weight excluding hydrogens is 429 g/mol. The number of hydrogen-bond acceptors (Lipinski definition) is 3. The molecule has 2 rings (SSSR count).